The Labute approximate surface area is 247 Å². The summed E-state index contributed by atoms with van der Waals surface area (Å²) in [6, 6.07) is 3.63. The fraction of sp³-hybridized carbons (Fsp3) is 0.407. The number of esters is 1. The van der Waals surface area contributed by atoms with Crippen LogP contribution in [0.5, 0.6) is 0 Å². The van der Waals surface area contributed by atoms with Crippen molar-refractivity contribution in [1.82, 2.24) is 9.88 Å². The van der Waals surface area contributed by atoms with E-state index in [2.05, 4.69) is 9.98 Å². The van der Waals surface area contributed by atoms with Gasteiger partial charge in [0, 0.05) is 25.4 Å². The molecule has 2 unspecified atom stereocenters. The van der Waals surface area contributed by atoms with Crippen molar-refractivity contribution >= 4 is 35.0 Å². The van der Waals surface area contributed by atoms with Gasteiger partial charge in [0.15, 0.2) is 23.3 Å². The summed E-state index contributed by atoms with van der Waals surface area (Å²) in [6.07, 6.45) is -0.654. The van der Waals surface area contributed by atoms with Crippen LogP contribution in [0.15, 0.2) is 34.4 Å². The van der Waals surface area contributed by atoms with Crippen molar-refractivity contribution in [2.24, 2.45) is 22.2 Å². The van der Waals surface area contributed by atoms with Crippen LogP contribution in [0.1, 0.15) is 37.5 Å². The number of halogens is 9. The normalized spacial score (nSPS) is 18.0. The number of aliphatic imine (C=N–C) groups is 1. The molecule has 1 aliphatic carbocycles. The zero-order valence-electron chi connectivity index (χ0n) is 22.9. The summed E-state index contributed by atoms with van der Waals surface area (Å²) >= 11 is 10.8. The van der Waals surface area contributed by atoms with Crippen LogP contribution in [0.25, 0.3) is 0 Å². The largest absolute Gasteiger partial charge is 0.460 e. The molecule has 1 aromatic carbocycles. The molecule has 0 spiro atoms. The minimum Gasteiger partial charge on any atom is -0.460 e. The molecule has 15 heteroatoms. The summed E-state index contributed by atoms with van der Waals surface area (Å²) in [5.74, 6) is -9.01. The van der Waals surface area contributed by atoms with Crippen LogP contribution in [0, 0.1) is 58.9 Å². The number of benzene rings is 1. The lowest BCUT2D eigenvalue weighted by atomic mass is 10.1. The molecule has 2 aromatic rings. The number of nitriles is 1. The van der Waals surface area contributed by atoms with E-state index in [1.54, 1.807) is 25.4 Å². The summed E-state index contributed by atoms with van der Waals surface area (Å²) in [4.78, 5) is 21.6. The predicted molar refractivity (Wildman–Crippen MR) is 141 cm³/mol. The van der Waals surface area contributed by atoms with Crippen molar-refractivity contribution in [3.8, 4) is 6.19 Å². The summed E-state index contributed by atoms with van der Waals surface area (Å²) in [7, 11) is 1.87. The summed E-state index contributed by atoms with van der Waals surface area (Å²) in [5, 5.41) is 7.46. The Balaban J connectivity index is 0.000000347. The maximum absolute atomic E-state index is 13.8. The number of nitrogens with zero attached hydrogens (tertiary/aromatic N) is 4. The molecule has 0 radical (unpaired) electrons. The minimum absolute atomic E-state index is 0.476. The molecule has 1 saturated carbocycles. The van der Waals surface area contributed by atoms with Crippen molar-refractivity contribution in [1.29, 1.82) is 5.26 Å². The van der Waals surface area contributed by atoms with Gasteiger partial charge in [0.2, 0.25) is 6.19 Å². The number of alkyl halides is 3. The van der Waals surface area contributed by atoms with E-state index in [0.29, 0.717) is 23.6 Å². The zero-order chi connectivity index (χ0) is 32.2. The Morgan fingerprint density at radius 3 is 2.24 bits per heavy atom. The molecule has 1 fully saturated rings. The smallest absolute Gasteiger partial charge is 0.426 e. The fourth-order valence-electron chi connectivity index (χ4n) is 3.88. The number of pyridine rings is 1. The number of hydrogen-bond donors (Lipinski definition) is 0. The first-order valence-corrected chi connectivity index (χ1v) is 12.8. The second-order valence-electron chi connectivity index (χ2n) is 9.91. The first-order valence-electron chi connectivity index (χ1n) is 12.0. The standard InChI is InChI=1S/C17H14ClF7O2.C10H11ClN4/c1-6-11(19)13(21)7(14(22)12(6)20)5-27-15(26)10-8(16(10,2)3)4-9(18)17(23,24)25;1-8(14-7-12)15(2)6-9-3-4-10(11)13-5-9/h4,8,10H,5H2,1-3H3;3-5H,6H2,1-2H3/b9-4-;14-8+. The number of rotatable bonds is 6. The Morgan fingerprint density at radius 1 is 1.19 bits per heavy atom. The molecule has 2 atom stereocenters. The van der Waals surface area contributed by atoms with Gasteiger partial charge in [0.1, 0.15) is 22.6 Å². The highest BCUT2D eigenvalue weighted by atomic mass is 35.5. The number of ether oxygens (including phenoxy) is 1. The predicted octanol–water partition coefficient (Wildman–Crippen LogP) is 7.62. The monoisotopic (exact) mass is 640 g/mol. The molecule has 1 aliphatic rings. The second kappa shape index (κ2) is 13.7. The Bertz CT molecular complexity index is 1390. The summed E-state index contributed by atoms with van der Waals surface area (Å²) < 4.78 is 96.8. The third-order valence-electron chi connectivity index (χ3n) is 6.67. The van der Waals surface area contributed by atoms with Crippen LogP contribution >= 0.6 is 23.2 Å². The van der Waals surface area contributed by atoms with Gasteiger partial charge in [-0.3, -0.25) is 4.79 Å². The van der Waals surface area contributed by atoms with Crippen LogP contribution in [-0.2, 0) is 22.7 Å². The number of amidine groups is 1. The summed E-state index contributed by atoms with van der Waals surface area (Å²) in [6.45, 7) is 5.12. The van der Waals surface area contributed by atoms with Crippen molar-refractivity contribution in [2.75, 3.05) is 7.05 Å². The molecule has 0 aliphatic heterocycles. The molecule has 42 heavy (non-hydrogen) atoms. The highest BCUT2D eigenvalue weighted by molar-refractivity contribution is 6.30. The highest BCUT2D eigenvalue weighted by Gasteiger charge is 2.62. The highest BCUT2D eigenvalue weighted by Crippen LogP contribution is 2.60. The number of allylic oxidation sites excluding steroid dienone is 2. The molecule has 0 saturated heterocycles. The molecule has 3 rings (SSSR count). The molecular weight excluding hydrogens is 616 g/mol. The molecule has 228 valence electrons. The Hall–Kier alpha value is -3.37. The molecular formula is C27H25Cl2F7N4O2. The van der Waals surface area contributed by atoms with Gasteiger partial charge in [0.05, 0.1) is 11.5 Å². The van der Waals surface area contributed by atoms with E-state index in [4.69, 9.17) is 33.2 Å². The molecule has 1 heterocycles. The average Bonchev–Trinajstić information content (AvgIpc) is 3.46. The number of carbonyl (C=O) groups is 1. The third kappa shape index (κ3) is 8.35. The Morgan fingerprint density at radius 2 is 1.76 bits per heavy atom. The molecule has 0 amide bonds. The van der Waals surface area contributed by atoms with E-state index in [1.807, 2.05) is 18.0 Å². The van der Waals surface area contributed by atoms with Crippen molar-refractivity contribution < 1.29 is 40.3 Å². The maximum atomic E-state index is 13.8. The average molecular weight is 641 g/mol. The first-order chi connectivity index (χ1) is 19.3. The molecule has 1 aromatic heterocycles. The van der Waals surface area contributed by atoms with Crippen LogP contribution in [0.4, 0.5) is 30.7 Å². The van der Waals surface area contributed by atoms with Crippen LogP contribution in [0.2, 0.25) is 5.15 Å². The number of hydrogen-bond acceptors (Lipinski definition) is 5. The lowest BCUT2D eigenvalue weighted by molar-refractivity contribution is -0.147. The van der Waals surface area contributed by atoms with E-state index in [1.165, 1.54) is 13.8 Å². The third-order valence-corrected chi connectivity index (χ3v) is 7.23. The van der Waals surface area contributed by atoms with E-state index in [0.717, 1.165) is 12.5 Å². The maximum Gasteiger partial charge on any atom is 0.426 e. The van der Waals surface area contributed by atoms with Gasteiger partial charge >= 0.3 is 12.1 Å². The van der Waals surface area contributed by atoms with Gasteiger partial charge in [-0.05, 0) is 36.8 Å². The number of aromatic nitrogens is 1. The van der Waals surface area contributed by atoms with Crippen molar-refractivity contribution in [3.05, 3.63) is 74.6 Å². The van der Waals surface area contributed by atoms with Crippen LogP contribution < -0.4 is 0 Å². The van der Waals surface area contributed by atoms with Gasteiger partial charge in [0.25, 0.3) is 0 Å². The Kier molecular flexibility index (Phi) is 11.4. The van der Waals surface area contributed by atoms with Crippen LogP contribution in [-0.4, -0.2) is 34.9 Å². The number of carbonyl (C=O) groups excluding carboxylic acids is 1. The SMILES string of the molecule is C/C(=N\C#N)N(C)Cc1ccc(Cl)nc1.Cc1c(F)c(F)c(COC(=O)C2C(/C=C(\Cl)C(F)(F)F)C2(C)C)c(F)c1F. The van der Waals surface area contributed by atoms with Gasteiger partial charge in [-0.15, -0.1) is 0 Å². The van der Waals surface area contributed by atoms with Gasteiger partial charge in [-0.25, -0.2) is 22.5 Å². The lowest BCUT2D eigenvalue weighted by Crippen LogP contribution is -2.23. The fourth-order valence-corrected chi connectivity index (χ4v) is 4.13. The first kappa shape index (κ1) is 34.8. The van der Waals surface area contributed by atoms with E-state index >= 15 is 0 Å². The summed E-state index contributed by atoms with van der Waals surface area (Å²) in [5.41, 5.74) is -1.91. The zero-order valence-corrected chi connectivity index (χ0v) is 24.4. The van der Waals surface area contributed by atoms with E-state index < -0.39 is 75.4 Å². The molecule has 0 N–H and O–H groups in total. The second-order valence-corrected chi connectivity index (χ2v) is 10.7. The molecule has 6 nitrogen and oxygen atoms in total. The quantitative estimate of drug-likeness (QED) is 0.0617. The minimum atomic E-state index is -4.78. The van der Waals surface area contributed by atoms with E-state index in [9.17, 15) is 35.5 Å². The molecule has 0 bridgehead atoms. The van der Waals surface area contributed by atoms with Gasteiger partial charge < -0.3 is 9.64 Å². The van der Waals surface area contributed by atoms with Gasteiger partial charge in [-0.2, -0.15) is 23.4 Å². The van der Waals surface area contributed by atoms with Crippen molar-refractivity contribution in [3.63, 3.8) is 0 Å². The van der Waals surface area contributed by atoms with E-state index in [-0.39, 0.29) is 0 Å². The topological polar surface area (TPSA) is 78.6 Å². The van der Waals surface area contributed by atoms with Gasteiger partial charge in [-0.1, -0.05) is 49.2 Å². The lowest BCUT2D eigenvalue weighted by Gasteiger charge is -2.17. The van der Waals surface area contributed by atoms with Crippen molar-refractivity contribution in [2.45, 2.75) is 47.0 Å². The van der Waals surface area contributed by atoms with Crippen LogP contribution in [0.3, 0.4) is 0 Å².